The van der Waals surface area contributed by atoms with Crippen molar-refractivity contribution in [2.45, 2.75) is 32.6 Å². The number of nitrogens with zero attached hydrogens (tertiary/aromatic N) is 2. The van der Waals surface area contributed by atoms with Crippen molar-refractivity contribution >= 4 is 17.4 Å². The molecule has 3 aromatic rings. The summed E-state index contributed by atoms with van der Waals surface area (Å²) in [6.07, 6.45) is 5.99. The molecule has 4 rings (SSSR count). The van der Waals surface area contributed by atoms with E-state index in [0.717, 1.165) is 40.1 Å². The molecule has 0 unspecified atom stereocenters. The van der Waals surface area contributed by atoms with Crippen molar-refractivity contribution in [3.63, 3.8) is 0 Å². The van der Waals surface area contributed by atoms with Gasteiger partial charge in [0.05, 0.1) is 12.8 Å². The Morgan fingerprint density at radius 3 is 2.61 bits per heavy atom. The van der Waals surface area contributed by atoms with Gasteiger partial charge >= 0.3 is 0 Å². The molecule has 1 aromatic heterocycles. The first-order valence-electron chi connectivity index (χ1n) is 10.6. The Morgan fingerprint density at radius 2 is 1.94 bits per heavy atom. The number of ether oxygens (including phenoxy) is 1. The smallest absolute Gasteiger partial charge is 0.226 e. The summed E-state index contributed by atoms with van der Waals surface area (Å²) in [7, 11) is 1.64. The fourth-order valence-electron chi connectivity index (χ4n) is 4.05. The van der Waals surface area contributed by atoms with E-state index in [0.29, 0.717) is 31.4 Å². The van der Waals surface area contributed by atoms with Gasteiger partial charge in [0.1, 0.15) is 5.75 Å². The number of anilines is 1. The first-order valence-corrected chi connectivity index (χ1v) is 10.6. The molecule has 1 amide bonds. The van der Waals surface area contributed by atoms with Crippen LogP contribution in [-0.2, 0) is 17.6 Å². The first-order chi connectivity index (χ1) is 15.1. The van der Waals surface area contributed by atoms with Gasteiger partial charge in [-0.15, -0.1) is 0 Å². The Hall–Kier alpha value is -3.47. The highest BCUT2D eigenvalue weighted by Gasteiger charge is 2.26. The third-order valence-electron chi connectivity index (χ3n) is 5.78. The molecular weight excluding hydrogens is 388 g/mol. The van der Waals surface area contributed by atoms with Gasteiger partial charge in [-0.25, -0.2) is 0 Å². The van der Waals surface area contributed by atoms with Crippen LogP contribution in [0.2, 0.25) is 0 Å². The molecule has 0 atom stereocenters. The molecule has 0 N–H and O–H groups in total. The van der Waals surface area contributed by atoms with Crippen molar-refractivity contribution in [2.24, 2.45) is 0 Å². The molecule has 5 heteroatoms. The van der Waals surface area contributed by atoms with E-state index in [9.17, 15) is 9.59 Å². The van der Waals surface area contributed by atoms with Crippen molar-refractivity contribution in [2.75, 3.05) is 18.6 Å². The minimum Gasteiger partial charge on any atom is -0.496 e. The Kier molecular flexibility index (Phi) is 6.12. The van der Waals surface area contributed by atoms with Crippen LogP contribution in [0.15, 0.2) is 60.9 Å². The van der Waals surface area contributed by atoms with Gasteiger partial charge in [-0.05, 0) is 41.7 Å². The van der Waals surface area contributed by atoms with Gasteiger partial charge in [-0.1, -0.05) is 37.3 Å². The molecule has 0 bridgehead atoms. The lowest BCUT2D eigenvalue weighted by Crippen LogP contribution is -2.27. The summed E-state index contributed by atoms with van der Waals surface area (Å²) in [5.41, 5.74) is 5.81. The lowest BCUT2D eigenvalue weighted by Gasteiger charge is -2.18. The van der Waals surface area contributed by atoms with Crippen LogP contribution in [0.4, 0.5) is 5.69 Å². The van der Waals surface area contributed by atoms with E-state index >= 15 is 0 Å². The lowest BCUT2D eigenvalue weighted by atomic mass is 9.97. The van der Waals surface area contributed by atoms with Gasteiger partial charge in [0.25, 0.3) is 0 Å². The number of rotatable bonds is 7. The van der Waals surface area contributed by atoms with Crippen molar-refractivity contribution in [3.05, 3.63) is 77.6 Å². The number of benzene rings is 2. The van der Waals surface area contributed by atoms with Crippen molar-refractivity contribution < 1.29 is 14.3 Å². The number of methoxy groups -OCH3 is 1. The average molecular weight is 415 g/mol. The Labute approximate surface area is 182 Å². The van der Waals surface area contributed by atoms with E-state index in [-0.39, 0.29) is 11.7 Å². The Bertz CT molecular complexity index is 1090. The van der Waals surface area contributed by atoms with E-state index in [4.69, 9.17) is 4.74 Å². The van der Waals surface area contributed by atoms with Gasteiger partial charge in [-0.2, -0.15) is 0 Å². The number of aryl methyl sites for hydroxylation is 1. The molecule has 31 heavy (non-hydrogen) atoms. The first kappa shape index (κ1) is 20.8. The number of amides is 1. The number of pyridine rings is 1. The van der Waals surface area contributed by atoms with Crippen LogP contribution >= 0.6 is 0 Å². The number of aromatic nitrogens is 1. The summed E-state index contributed by atoms with van der Waals surface area (Å²) in [6.45, 7) is 2.59. The average Bonchev–Trinajstić information content (AvgIpc) is 3.24. The third kappa shape index (κ3) is 4.36. The third-order valence-corrected chi connectivity index (χ3v) is 5.78. The second-order valence-corrected chi connectivity index (χ2v) is 7.69. The molecule has 0 saturated heterocycles. The highest BCUT2D eigenvalue weighted by Crippen LogP contribution is 2.39. The molecule has 0 aliphatic carbocycles. The monoisotopic (exact) mass is 414 g/mol. The normalized spacial score (nSPS) is 12.5. The highest BCUT2D eigenvalue weighted by molar-refractivity contribution is 5.98. The van der Waals surface area contributed by atoms with E-state index < -0.39 is 0 Å². The van der Waals surface area contributed by atoms with E-state index in [1.54, 1.807) is 19.5 Å². The van der Waals surface area contributed by atoms with E-state index in [2.05, 4.69) is 11.1 Å². The number of hydrogen-bond acceptors (Lipinski definition) is 4. The number of carbonyl (C=O) groups excluding carboxylic acids is 2. The lowest BCUT2D eigenvalue weighted by molar-refractivity contribution is -0.118. The molecule has 0 spiro atoms. The van der Waals surface area contributed by atoms with Crippen LogP contribution in [0.25, 0.3) is 11.1 Å². The van der Waals surface area contributed by atoms with Crippen molar-refractivity contribution in [1.82, 2.24) is 4.98 Å². The molecule has 0 fully saturated rings. The van der Waals surface area contributed by atoms with Crippen LogP contribution < -0.4 is 9.64 Å². The van der Waals surface area contributed by atoms with Gasteiger partial charge in [0.2, 0.25) is 5.91 Å². The van der Waals surface area contributed by atoms with Crippen LogP contribution in [0, 0.1) is 0 Å². The topological polar surface area (TPSA) is 59.5 Å². The standard InChI is InChI=1S/C26H26N2O3/c1-3-26(30)28-14-12-21-15-22(25(31-2)16-23(21)28)19-7-9-20(10-8-19)24(29)11-6-18-5-4-13-27-17-18/h4-5,7-10,13,15-17H,3,6,11-12,14H2,1-2H3. The minimum absolute atomic E-state index is 0.116. The van der Waals surface area contributed by atoms with Crippen LogP contribution in [-0.4, -0.2) is 30.3 Å². The maximum atomic E-state index is 12.6. The van der Waals surface area contributed by atoms with E-state index in [1.807, 2.05) is 54.3 Å². The minimum atomic E-state index is 0.116. The number of hydrogen-bond donors (Lipinski definition) is 0. The zero-order valence-electron chi connectivity index (χ0n) is 17.9. The highest BCUT2D eigenvalue weighted by atomic mass is 16.5. The molecule has 0 saturated carbocycles. The summed E-state index contributed by atoms with van der Waals surface area (Å²) in [4.78, 5) is 30.7. The van der Waals surface area contributed by atoms with E-state index in [1.165, 1.54) is 0 Å². The molecule has 1 aliphatic heterocycles. The van der Waals surface area contributed by atoms with Crippen LogP contribution in [0.5, 0.6) is 5.75 Å². The van der Waals surface area contributed by atoms with Crippen LogP contribution in [0.1, 0.15) is 41.3 Å². The predicted molar refractivity (Wildman–Crippen MR) is 122 cm³/mol. The zero-order chi connectivity index (χ0) is 21.8. The number of fused-ring (bicyclic) bond motifs is 1. The van der Waals surface area contributed by atoms with Crippen LogP contribution in [0.3, 0.4) is 0 Å². The molecule has 0 radical (unpaired) electrons. The number of Topliss-reactive ketones (excluding diaryl/α,β-unsaturated/α-hetero) is 1. The van der Waals surface area contributed by atoms with Crippen molar-refractivity contribution in [3.8, 4) is 16.9 Å². The quantitative estimate of drug-likeness (QED) is 0.518. The summed E-state index contributed by atoms with van der Waals surface area (Å²) >= 11 is 0. The van der Waals surface area contributed by atoms with Gasteiger partial charge < -0.3 is 9.64 Å². The van der Waals surface area contributed by atoms with Gasteiger partial charge in [0, 0.05) is 49.0 Å². The molecular formula is C26H26N2O3. The fourth-order valence-corrected chi connectivity index (χ4v) is 4.05. The maximum absolute atomic E-state index is 12.6. The maximum Gasteiger partial charge on any atom is 0.226 e. The molecule has 2 aromatic carbocycles. The zero-order valence-corrected chi connectivity index (χ0v) is 17.9. The number of ketones is 1. The predicted octanol–water partition coefficient (Wildman–Crippen LogP) is 4.87. The van der Waals surface area contributed by atoms with Gasteiger partial charge in [0.15, 0.2) is 5.78 Å². The molecule has 1 aliphatic rings. The summed E-state index contributed by atoms with van der Waals surface area (Å²) in [5, 5.41) is 0. The number of carbonyl (C=O) groups is 2. The van der Waals surface area contributed by atoms with Gasteiger partial charge in [-0.3, -0.25) is 14.6 Å². The summed E-state index contributed by atoms with van der Waals surface area (Å²) < 4.78 is 5.64. The second-order valence-electron chi connectivity index (χ2n) is 7.69. The molecule has 2 heterocycles. The Balaban J connectivity index is 1.54. The summed E-state index contributed by atoms with van der Waals surface area (Å²) in [6, 6.07) is 15.6. The summed E-state index contributed by atoms with van der Waals surface area (Å²) in [5.74, 6) is 0.970. The second kappa shape index (κ2) is 9.13. The largest absolute Gasteiger partial charge is 0.496 e. The van der Waals surface area contributed by atoms with Crippen molar-refractivity contribution in [1.29, 1.82) is 0 Å². The fraction of sp³-hybridized carbons (Fsp3) is 0.269. The molecule has 5 nitrogen and oxygen atoms in total. The Morgan fingerprint density at radius 1 is 1.13 bits per heavy atom. The SMILES string of the molecule is CCC(=O)N1CCc2cc(-c3ccc(C(=O)CCc4cccnc4)cc3)c(OC)cc21. The molecule has 158 valence electrons.